The van der Waals surface area contributed by atoms with Crippen LogP contribution in [0.25, 0.3) is 10.8 Å². The van der Waals surface area contributed by atoms with Gasteiger partial charge in [-0.05, 0) is 65.4 Å². The molecule has 4 aromatic carbocycles. The number of fused-ring (bicyclic) bond motifs is 1. The number of nitrogens with one attached hydrogen (secondary N) is 2. The maximum Gasteiger partial charge on any atom is 0.255 e. The van der Waals surface area contributed by atoms with Crippen LogP contribution in [0.1, 0.15) is 10.4 Å². The van der Waals surface area contributed by atoms with Gasteiger partial charge < -0.3 is 10.6 Å². The molecule has 4 rings (SSSR count). The van der Waals surface area contributed by atoms with Gasteiger partial charge in [-0.15, -0.1) is 11.8 Å². The summed E-state index contributed by atoms with van der Waals surface area (Å²) >= 11 is 7.07. The van der Waals surface area contributed by atoms with Crippen LogP contribution in [-0.4, -0.2) is 17.6 Å². The molecule has 2 N–H and O–H groups in total. The van der Waals surface area contributed by atoms with E-state index in [1.165, 1.54) is 30.0 Å². The zero-order valence-corrected chi connectivity index (χ0v) is 18.3. The van der Waals surface area contributed by atoms with Crippen molar-refractivity contribution >= 4 is 57.3 Å². The molecule has 4 nitrogen and oxygen atoms in total. The number of anilines is 2. The van der Waals surface area contributed by atoms with Gasteiger partial charge in [-0.25, -0.2) is 4.39 Å². The smallest absolute Gasteiger partial charge is 0.255 e. The molecule has 0 radical (unpaired) electrons. The van der Waals surface area contributed by atoms with Crippen LogP contribution >= 0.6 is 23.4 Å². The van der Waals surface area contributed by atoms with Gasteiger partial charge in [-0.2, -0.15) is 0 Å². The zero-order valence-electron chi connectivity index (χ0n) is 16.8. The van der Waals surface area contributed by atoms with E-state index < -0.39 is 5.82 Å². The van der Waals surface area contributed by atoms with Crippen LogP contribution in [0.5, 0.6) is 0 Å². The SMILES string of the molecule is O=C(CSc1ccc(NC(=O)c2ccc3ccccc3c2)cc1)Nc1ccc(F)c(Cl)c1. The summed E-state index contributed by atoms with van der Waals surface area (Å²) in [6.45, 7) is 0. The molecule has 32 heavy (non-hydrogen) atoms. The van der Waals surface area contributed by atoms with Crippen molar-refractivity contribution in [3.05, 3.63) is 101 Å². The highest BCUT2D eigenvalue weighted by Crippen LogP contribution is 2.23. The number of hydrogen-bond acceptors (Lipinski definition) is 3. The Morgan fingerprint density at radius 3 is 2.28 bits per heavy atom. The summed E-state index contributed by atoms with van der Waals surface area (Å²) < 4.78 is 13.2. The highest BCUT2D eigenvalue weighted by Gasteiger charge is 2.09. The number of thioether (sulfide) groups is 1. The zero-order chi connectivity index (χ0) is 22.5. The third-order valence-corrected chi connectivity index (χ3v) is 6.00. The van der Waals surface area contributed by atoms with Gasteiger partial charge in [0, 0.05) is 21.8 Å². The summed E-state index contributed by atoms with van der Waals surface area (Å²) in [6.07, 6.45) is 0. The molecule has 0 aromatic heterocycles. The number of hydrogen-bond donors (Lipinski definition) is 2. The second-order valence-electron chi connectivity index (χ2n) is 7.01. The van der Waals surface area contributed by atoms with Gasteiger partial charge >= 0.3 is 0 Å². The van der Waals surface area contributed by atoms with Crippen LogP contribution in [-0.2, 0) is 4.79 Å². The molecule has 0 heterocycles. The third-order valence-electron chi connectivity index (χ3n) is 4.70. The lowest BCUT2D eigenvalue weighted by Crippen LogP contribution is -2.14. The van der Waals surface area contributed by atoms with E-state index in [1.54, 1.807) is 18.2 Å². The Kier molecular flexibility index (Phi) is 6.73. The van der Waals surface area contributed by atoms with E-state index in [1.807, 2.05) is 48.5 Å². The normalized spacial score (nSPS) is 10.7. The van der Waals surface area contributed by atoms with E-state index >= 15 is 0 Å². The van der Waals surface area contributed by atoms with Crippen molar-refractivity contribution in [2.75, 3.05) is 16.4 Å². The first-order chi connectivity index (χ1) is 15.5. The molecule has 0 saturated heterocycles. The van der Waals surface area contributed by atoms with Crippen molar-refractivity contribution in [1.29, 1.82) is 0 Å². The summed E-state index contributed by atoms with van der Waals surface area (Å²) in [5.41, 5.74) is 1.69. The molecule has 0 aliphatic rings. The van der Waals surface area contributed by atoms with E-state index in [0.717, 1.165) is 15.7 Å². The molecule has 2 amide bonds. The summed E-state index contributed by atoms with van der Waals surface area (Å²) in [6, 6.07) is 24.7. The molecule has 0 unspecified atom stereocenters. The van der Waals surface area contributed by atoms with Gasteiger partial charge in [-0.3, -0.25) is 9.59 Å². The molecule has 0 spiro atoms. The van der Waals surface area contributed by atoms with Gasteiger partial charge in [0.05, 0.1) is 10.8 Å². The monoisotopic (exact) mass is 464 g/mol. The molecule has 160 valence electrons. The number of amides is 2. The highest BCUT2D eigenvalue weighted by molar-refractivity contribution is 8.00. The van der Waals surface area contributed by atoms with Crippen LogP contribution in [0.3, 0.4) is 0 Å². The highest BCUT2D eigenvalue weighted by atomic mass is 35.5. The standard InChI is InChI=1S/C25H18ClFN2O2S/c26-22-14-20(9-12-23(22)27)28-24(30)15-32-21-10-7-19(8-11-21)29-25(31)18-6-5-16-3-1-2-4-17(16)13-18/h1-14H,15H2,(H,28,30)(H,29,31). The van der Waals surface area contributed by atoms with Crippen molar-refractivity contribution in [2.24, 2.45) is 0 Å². The van der Waals surface area contributed by atoms with Gasteiger partial charge in [0.15, 0.2) is 0 Å². The molecular weight excluding hydrogens is 447 g/mol. The summed E-state index contributed by atoms with van der Waals surface area (Å²) in [5.74, 6) is -0.774. The van der Waals surface area contributed by atoms with Gasteiger partial charge in [0.1, 0.15) is 5.82 Å². The Morgan fingerprint density at radius 2 is 1.53 bits per heavy atom. The van der Waals surface area contributed by atoms with E-state index in [9.17, 15) is 14.0 Å². The Hall–Kier alpha value is -3.35. The predicted molar refractivity (Wildman–Crippen MR) is 129 cm³/mol. The van der Waals surface area contributed by atoms with Crippen LogP contribution in [0.4, 0.5) is 15.8 Å². The van der Waals surface area contributed by atoms with Crippen LogP contribution < -0.4 is 10.6 Å². The predicted octanol–water partition coefficient (Wildman–Crippen LogP) is 6.62. The number of rotatable bonds is 6. The summed E-state index contributed by atoms with van der Waals surface area (Å²) in [4.78, 5) is 25.6. The maximum atomic E-state index is 13.2. The van der Waals surface area contributed by atoms with Crippen LogP contribution in [0.2, 0.25) is 5.02 Å². The van der Waals surface area contributed by atoms with Crippen LogP contribution in [0.15, 0.2) is 89.8 Å². The van der Waals surface area contributed by atoms with Crippen molar-refractivity contribution in [1.82, 2.24) is 0 Å². The second kappa shape index (κ2) is 9.85. The van der Waals surface area contributed by atoms with Gasteiger partial charge in [0.2, 0.25) is 5.91 Å². The third kappa shape index (κ3) is 5.46. The van der Waals surface area contributed by atoms with Gasteiger partial charge in [-0.1, -0.05) is 41.9 Å². The lowest BCUT2D eigenvalue weighted by Gasteiger charge is -2.08. The number of carbonyl (C=O) groups excluding carboxylic acids is 2. The second-order valence-corrected chi connectivity index (χ2v) is 8.46. The first-order valence-corrected chi connectivity index (χ1v) is 11.1. The number of halogens is 2. The quantitative estimate of drug-likeness (QED) is 0.315. The average Bonchev–Trinajstić information content (AvgIpc) is 2.80. The lowest BCUT2D eigenvalue weighted by molar-refractivity contribution is -0.113. The largest absolute Gasteiger partial charge is 0.325 e. The molecule has 0 saturated carbocycles. The Bertz CT molecular complexity index is 1290. The van der Waals surface area contributed by atoms with Crippen LogP contribution in [0, 0.1) is 5.82 Å². The molecule has 0 atom stereocenters. The first-order valence-electron chi connectivity index (χ1n) is 9.76. The fourth-order valence-electron chi connectivity index (χ4n) is 3.09. The molecule has 0 fully saturated rings. The molecular formula is C25H18ClFN2O2S. The summed E-state index contributed by atoms with van der Waals surface area (Å²) in [5, 5.41) is 7.61. The van der Waals surface area contributed by atoms with Crippen molar-refractivity contribution < 1.29 is 14.0 Å². The van der Waals surface area contributed by atoms with Crippen molar-refractivity contribution in [2.45, 2.75) is 4.90 Å². The van der Waals surface area contributed by atoms with E-state index in [2.05, 4.69) is 10.6 Å². The minimum Gasteiger partial charge on any atom is -0.325 e. The van der Waals surface area contributed by atoms with E-state index in [-0.39, 0.29) is 22.6 Å². The molecule has 4 aromatic rings. The van der Waals surface area contributed by atoms with Gasteiger partial charge in [0.25, 0.3) is 5.91 Å². The Labute approximate surface area is 193 Å². The average molecular weight is 465 g/mol. The van der Waals surface area contributed by atoms with E-state index in [4.69, 9.17) is 11.6 Å². The topological polar surface area (TPSA) is 58.2 Å². The minimum atomic E-state index is -0.535. The van der Waals surface area contributed by atoms with Crippen molar-refractivity contribution in [3.8, 4) is 0 Å². The molecule has 7 heteroatoms. The molecule has 0 aliphatic carbocycles. The fraction of sp³-hybridized carbons (Fsp3) is 0.0400. The van der Waals surface area contributed by atoms with Crippen molar-refractivity contribution in [3.63, 3.8) is 0 Å². The summed E-state index contributed by atoms with van der Waals surface area (Å²) in [7, 11) is 0. The molecule has 0 bridgehead atoms. The Morgan fingerprint density at radius 1 is 0.812 bits per heavy atom. The number of carbonyl (C=O) groups is 2. The number of benzene rings is 4. The first kappa shape index (κ1) is 21.9. The Balaban J connectivity index is 1.31. The minimum absolute atomic E-state index is 0.0446. The molecule has 0 aliphatic heterocycles. The van der Waals surface area contributed by atoms with E-state index in [0.29, 0.717) is 16.9 Å². The maximum absolute atomic E-state index is 13.2. The fourth-order valence-corrected chi connectivity index (χ4v) is 3.97. The lowest BCUT2D eigenvalue weighted by atomic mass is 10.1.